The molecule has 12 heteroatoms. The van der Waals surface area contributed by atoms with Gasteiger partial charge in [-0.3, -0.25) is 9.59 Å². The van der Waals surface area contributed by atoms with Crippen LogP contribution in [0.2, 0.25) is 0 Å². The smallest absolute Gasteiger partial charge is 0.267 e. The summed E-state index contributed by atoms with van der Waals surface area (Å²) in [4.78, 5) is 34.4. The summed E-state index contributed by atoms with van der Waals surface area (Å²) < 4.78 is 38.3. The molecule has 0 bridgehead atoms. The van der Waals surface area contributed by atoms with Crippen molar-refractivity contribution in [2.45, 2.75) is 70.2 Å². The molecular weight excluding hydrogens is 446 g/mol. The van der Waals surface area contributed by atoms with Crippen LogP contribution in [0.3, 0.4) is 0 Å². The number of hydrogen-bond donors (Lipinski definition) is 5. The molecule has 0 spiro atoms. The highest BCUT2D eigenvalue weighted by Gasteiger charge is 2.46. The standard InChI is InChI=1S/C21H28F2N2O8/c1-10(27)4-3-5-16(29)25-12-6-7-14(13(8-12)20(22)23)32-21-17(24-11(2)28)19(31)18(30)15(9-26)33-21/h6-8,15,17-21,26,30-31H,3-5,9H2,1-2H3,(H,24,28)(H,25,29)/t15?,17?,18-,19-,21-/m1/s1. The van der Waals surface area contributed by atoms with Crippen LogP contribution in [0.5, 0.6) is 5.75 Å². The normalized spacial score (nSPS) is 24.9. The number of Topliss-reactive ketones (excluding diaryl/α,β-unsaturated/α-hetero) is 1. The molecule has 2 amide bonds. The van der Waals surface area contributed by atoms with Gasteiger partial charge in [-0.05, 0) is 31.5 Å². The summed E-state index contributed by atoms with van der Waals surface area (Å²) >= 11 is 0. The third-order valence-corrected chi connectivity index (χ3v) is 4.96. The van der Waals surface area contributed by atoms with Crippen LogP contribution in [0.15, 0.2) is 18.2 Å². The molecule has 0 radical (unpaired) electrons. The lowest BCUT2D eigenvalue weighted by molar-refractivity contribution is -0.244. The summed E-state index contributed by atoms with van der Waals surface area (Å²) in [7, 11) is 0. The lowest BCUT2D eigenvalue weighted by Gasteiger charge is -2.42. The van der Waals surface area contributed by atoms with Gasteiger partial charge in [-0.15, -0.1) is 0 Å². The Morgan fingerprint density at radius 2 is 1.85 bits per heavy atom. The number of anilines is 1. The van der Waals surface area contributed by atoms with Gasteiger partial charge in [0.1, 0.15) is 35.9 Å². The van der Waals surface area contributed by atoms with Crippen LogP contribution in [0.1, 0.15) is 45.1 Å². The minimum Gasteiger partial charge on any atom is -0.462 e. The van der Waals surface area contributed by atoms with Crippen LogP contribution < -0.4 is 15.4 Å². The van der Waals surface area contributed by atoms with Gasteiger partial charge in [-0.1, -0.05) is 0 Å². The molecule has 1 aliphatic rings. The van der Waals surface area contributed by atoms with E-state index in [4.69, 9.17) is 9.47 Å². The minimum atomic E-state index is -3.01. The van der Waals surface area contributed by atoms with Crippen molar-refractivity contribution in [2.75, 3.05) is 11.9 Å². The summed E-state index contributed by atoms with van der Waals surface area (Å²) in [6.45, 7) is 1.86. The van der Waals surface area contributed by atoms with E-state index in [9.17, 15) is 38.5 Å². The Morgan fingerprint density at radius 3 is 2.42 bits per heavy atom. The maximum absolute atomic E-state index is 13.7. The van der Waals surface area contributed by atoms with Gasteiger partial charge in [0.25, 0.3) is 6.43 Å². The number of carbonyl (C=O) groups excluding carboxylic acids is 3. The van der Waals surface area contributed by atoms with Gasteiger partial charge in [0, 0.05) is 25.5 Å². The van der Waals surface area contributed by atoms with E-state index in [1.165, 1.54) is 13.0 Å². The van der Waals surface area contributed by atoms with Gasteiger partial charge >= 0.3 is 0 Å². The molecule has 0 aliphatic carbocycles. The van der Waals surface area contributed by atoms with Crippen LogP contribution in [-0.4, -0.2) is 70.2 Å². The highest BCUT2D eigenvalue weighted by molar-refractivity contribution is 5.91. The van der Waals surface area contributed by atoms with Crippen LogP contribution >= 0.6 is 0 Å². The molecule has 0 saturated carbocycles. The second-order valence-corrected chi connectivity index (χ2v) is 7.71. The lowest BCUT2D eigenvalue weighted by Crippen LogP contribution is -2.65. The quantitative estimate of drug-likeness (QED) is 0.331. The molecule has 33 heavy (non-hydrogen) atoms. The zero-order chi connectivity index (χ0) is 24.7. The van der Waals surface area contributed by atoms with E-state index < -0.39 is 61.1 Å². The molecular formula is C21H28F2N2O8. The molecule has 1 saturated heterocycles. The summed E-state index contributed by atoms with van der Waals surface area (Å²) in [5.41, 5.74) is -0.514. The molecule has 5 N–H and O–H groups in total. The van der Waals surface area contributed by atoms with E-state index in [-0.39, 0.29) is 30.1 Å². The number of ether oxygens (including phenoxy) is 2. The average molecular weight is 474 g/mol. The first-order chi connectivity index (χ1) is 15.5. The largest absolute Gasteiger partial charge is 0.462 e. The van der Waals surface area contributed by atoms with Gasteiger partial charge in [-0.2, -0.15) is 0 Å². The lowest BCUT2D eigenvalue weighted by atomic mass is 9.97. The number of halogens is 2. The summed E-state index contributed by atoms with van der Waals surface area (Å²) in [5.74, 6) is -1.45. The maximum Gasteiger partial charge on any atom is 0.267 e. The first-order valence-electron chi connectivity index (χ1n) is 10.3. The molecule has 1 fully saturated rings. The monoisotopic (exact) mass is 474 g/mol. The summed E-state index contributed by atoms with van der Waals surface area (Å²) in [6, 6.07) is 2.17. The second-order valence-electron chi connectivity index (χ2n) is 7.71. The zero-order valence-corrected chi connectivity index (χ0v) is 18.2. The van der Waals surface area contributed by atoms with E-state index in [0.717, 1.165) is 19.1 Å². The predicted octanol–water partition coefficient (Wildman–Crippen LogP) is 0.644. The molecule has 2 unspecified atom stereocenters. The summed E-state index contributed by atoms with van der Waals surface area (Å²) in [5, 5.41) is 34.5. The Bertz CT molecular complexity index is 854. The molecule has 2 rings (SSSR count). The molecule has 10 nitrogen and oxygen atoms in total. The number of alkyl halides is 2. The fourth-order valence-electron chi connectivity index (χ4n) is 3.32. The van der Waals surface area contributed by atoms with Crippen molar-refractivity contribution in [2.24, 2.45) is 0 Å². The van der Waals surface area contributed by atoms with E-state index >= 15 is 0 Å². The first kappa shape index (κ1) is 26.6. The van der Waals surface area contributed by atoms with Gasteiger partial charge in [-0.25, -0.2) is 8.78 Å². The van der Waals surface area contributed by atoms with Gasteiger partial charge < -0.3 is 40.2 Å². The number of aliphatic hydroxyl groups is 3. The molecule has 1 aromatic carbocycles. The fourth-order valence-corrected chi connectivity index (χ4v) is 3.32. The van der Waals surface area contributed by atoms with Gasteiger partial charge in [0.15, 0.2) is 0 Å². The molecule has 0 aromatic heterocycles. The fraction of sp³-hybridized carbons (Fsp3) is 0.571. The third kappa shape index (κ3) is 7.42. The van der Waals surface area contributed by atoms with Crippen molar-refractivity contribution in [1.82, 2.24) is 5.32 Å². The Labute approximate surface area is 188 Å². The average Bonchev–Trinajstić information content (AvgIpc) is 2.73. The van der Waals surface area contributed by atoms with Crippen molar-refractivity contribution in [3.05, 3.63) is 23.8 Å². The first-order valence-corrected chi connectivity index (χ1v) is 10.3. The number of benzene rings is 1. The highest BCUT2D eigenvalue weighted by atomic mass is 19.3. The van der Waals surface area contributed by atoms with Crippen molar-refractivity contribution < 1.29 is 48.0 Å². The predicted molar refractivity (Wildman–Crippen MR) is 111 cm³/mol. The number of nitrogens with one attached hydrogen (secondary N) is 2. The van der Waals surface area contributed by atoms with E-state index in [0.29, 0.717) is 6.42 Å². The Kier molecular flexibility index (Phi) is 9.65. The van der Waals surface area contributed by atoms with Gasteiger partial charge in [0.2, 0.25) is 18.1 Å². The van der Waals surface area contributed by atoms with Crippen LogP contribution in [0, 0.1) is 0 Å². The number of hydrogen-bond acceptors (Lipinski definition) is 8. The van der Waals surface area contributed by atoms with Crippen molar-refractivity contribution in [3.63, 3.8) is 0 Å². The van der Waals surface area contributed by atoms with Crippen molar-refractivity contribution >= 4 is 23.3 Å². The minimum absolute atomic E-state index is 0.0406. The Morgan fingerprint density at radius 1 is 1.15 bits per heavy atom. The van der Waals surface area contributed by atoms with Gasteiger partial charge in [0.05, 0.1) is 12.2 Å². The Hall–Kier alpha value is -2.67. The molecule has 1 aliphatic heterocycles. The highest BCUT2D eigenvalue weighted by Crippen LogP contribution is 2.34. The zero-order valence-electron chi connectivity index (χ0n) is 18.2. The second kappa shape index (κ2) is 12.0. The van der Waals surface area contributed by atoms with Crippen LogP contribution in [-0.2, 0) is 19.1 Å². The third-order valence-electron chi connectivity index (χ3n) is 4.96. The van der Waals surface area contributed by atoms with E-state index in [1.54, 1.807) is 0 Å². The van der Waals surface area contributed by atoms with Crippen molar-refractivity contribution in [3.8, 4) is 5.75 Å². The van der Waals surface area contributed by atoms with E-state index in [2.05, 4.69) is 10.6 Å². The number of aliphatic hydroxyl groups excluding tert-OH is 3. The molecule has 184 valence electrons. The molecule has 1 aromatic rings. The summed E-state index contributed by atoms with van der Waals surface area (Å²) in [6.07, 6.45) is -8.36. The molecule has 1 heterocycles. The number of rotatable bonds is 10. The SMILES string of the molecule is CC(=O)CCCC(=O)Nc1ccc(O[C@@H]2OC(CO)[C@@H](O)[C@H](O)C2NC(C)=O)c(C(F)F)c1. The maximum atomic E-state index is 13.7. The van der Waals surface area contributed by atoms with Crippen molar-refractivity contribution in [1.29, 1.82) is 0 Å². The number of amides is 2. The number of carbonyl (C=O) groups is 3. The van der Waals surface area contributed by atoms with Crippen LogP contribution in [0.25, 0.3) is 0 Å². The van der Waals surface area contributed by atoms with Crippen LogP contribution in [0.4, 0.5) is 14.5 Å². The Balaban J connectivity index is 2.21. The number of ketones is 1. The molecule has 5 atom stereocenters. The topological polar surface area (TPSA) is 154 Å². The van der Waals surface area contributed by atoms with E-state index in [1.807, 2.05) is 0 Å².